The van der Waals surface area contributed by atoms with Gasteiger partial charge in [-0.1, -0.05) is 0 Å². The fraction of sp³-hybridized carbons (Fsp3) is 0.455. The first-order valence-electron chi connectivity index (χ1n) is 5.52. The molecule has 1 fully saturated rings. The summed E-state index contributed by atoms with van der Waals surface area (Å²) in [6.07, 6.45) is -3.15. The summed E-state index contributed by atoms with van der Waals surface area (Å²) in [6, 6.07) is 0.996. The zero-order valence-electron chi connectivity index (χ0n) is 9.96. The van der Waals surface area contributed by atoms with Gasteiger partial charge in [-0.2, -0.15) is 13.2 Å². The Hall–Kier alpha value is -1.31. The fourth-order valence-electron chi connectivity index (χ4n) is 1.91. The van der Waals surface area contributed by atoms with Crippen LogP contribution in [0.4, 0.5) is 19.0 Å². The van der Waals surface area contributed by atoms with Crippen molar-refractivity contribution < 1.29 is 18.0 Å². The Labute approximate surface area is 116 Å². The summed E-state index contributed by atoms with van der Waals surface area (Å²) in [5.74, 6) is -0.575. The molecule has 0 aliphatic carbocycles. The summed E-state index contributed by atoms with van der Waals surface area (Å²) in [7, 11) is 1.50. The van der Waals surface area contributed by atoms with E-state index in [1.807, 2.05) is 0 Å². The van der Waals surface area contributed by atoms with Gasteiger partial charge in [-0.05, 0) is 22.0 Å². The van der Waals surface area contributed by atoms with Gasteiger partial charge < -0.3 is 10.2 Å². The quantitative estimate of drug-likeness (QED) is 0.898. The van der Waals surface area contributed by atoms with E-state index in [0.717, 1.165) is 6.07 Å². The van der Waals surface area contributed by atoms with Crippen molar-refractivity contribution >= 4 is 27.7 Å². The van der Waals surface area contributed by atoms with Crippen molar-refractivity contribution in [1.82, 2.24) is 10.3 Å². The maximum absolute atomic E-state index is 12.9. The van der Waals surface area contributed by atoms with Crippen molar-refractivity contribution in [3.63, 3.8) is 0 Å². The van der Waals surface area contributed by atoms with Gasteiger partial charge in [0.1, 0.15) is 5.82 Å². The SMILES string of the molecule is CNC(=O)C1CN(c2ncc(Br)cc2C(F)(F)F)C1. The molecule has 2 rings (SSSR count). The van der Waals surface area contributed by atoms with Crippen LogP contribution in [0.1, 0.15) is 5.56 Å². The Morgan fingerprint density at radius 3 is 2.68 bits per heavy atom. The number of carbonyl (C=O) groups excluding carboxylic acids is 1. The van der Waals surface area contributed by atoms with Gasteiger partial charge in [0.25, 0.3) is 0 Å². The molecule has 1 aromatic rings. The van der Waals surface area contributed by atoms with Gasteiger partial charge >= 0.3 is 6.18 Å². The molecule has 0 bridgehead atoms. The highest BCUT2D eigenvalue weighted by Crippen LogP contribution is 2.38. The molecule has 1 amide bonds. The van der Waals surface area contributed by atoms with Gasteiger partial charge in [0.2, 0.25) is 5.91 Å². The first-order valence-corrected chi connectivity index (χ1v) is 6.31. The van der Waals surface area contributed by atoms with Crippen LogP contribution in [0.5, 0.6) is 0 Å². The molecule has 4 nitrogen and oxygen atoms in total. The predicted octanol–water partition coefficient (Wildman–Crippen LogP) is 2.05. The maximum atomic E-state index is 12.9. The molecular formula is C11H11BrF3N3O. The number of amides is 1. The van der Waals surface area contributed by atoms with Gasteiger partial charge in [0.15, 0.2) is 0 Å². The molecule has 0 saturated carbocycles. The molecule has 0 radical (unpaired) electrons. The van der Waals surface area contributed by atoms with Crippen molar-refractivity contribution in [1.29, 1.82) is 0 Å². The molecule has 0 aromatic carbocycles. The van der Waals surface area contributed by atoms with E-state index in [1.165, 1.54) is 18.1 Å². The van der Waals surface area contributed by atoms with E-state index in [4.69, 9.17) is 0 Å². The minimum absolute atomic E-state index is 0.129. The van der Waals surface area contributed by atoms with Crippen molar-refractivity contribution in [2.75, 3.05) is 25.0 Å². The number of halogens is 4. The second-order valence-electron chi connectivity index (χ2n) is 4.24. The standard InChI is InChI=1S/C11H11BrF3N3O/c1-16-10(19)6-4-18(5-6)9-8(11(13,14)15)2-7(12)3-17-9/h2-3,6H,4-5H2,1H3,(H,16,19). The molecule has 19 heavy (non-hydrogen) atoms. The first kappa shape index (κ1) is 14.1. The van der Waals surface area contributed by atoms with E-state index in [-0.39, 0.29) is 35.2 Å². The van der Waals surface area contributed by atoms with Crippen molar-refractivity contribution in [2.45, 2.75) is 6.18 Å². The van der Waals surface area contributed by atoms with Gasteiger partial charge in [-0.3, -0.25) is 4.79 Å². The topological polar surface area (TPSA) is 45.2 Å². The molecule has 1 aromatic heterocycles. The zero-order chi connectivity index (χ0) is 14.2. The van der Waals surface area contributed by atoms with Crippen LogP contribution in [0, 0.1) is 5.92 Å². The number of rotatable bonds is 2. The highest BCUT2D eigenvalue weighted by Gasteiger charge is 2.40. The molecule has 0 atom stereocenters. The van der Waals surface area contributed by atoms with Gasteiger partial charge in [-0.15, -0.1) is 0 Å². The Morgan fingerprint density at radius 2 is 2.16 bits per heavy atom. The average molecular weight is 338 g/mol. The molecular weight excluding hydrogens is 327 g/mol. The number of pyridine rings is 1. The number of aromatic nitrogens is 1. The summed E-state index contributed by atoms with van der Waals surface area (Å²) in [6.45, 7) is 0.495. The van der Waals surface area contributed by atoms with Crippen LogP contribution in [-0.2, 0) is 11.0 Å². The van der Waals surface area contributed by atoms with E-state index < -0.39 is 11.7 Å². The van der Waals surface area contributed by atoms with Crippen molar-refractivity contribution in [2.24, 2.45) is 5.92 Å². The molecule has 1 aliphatic rings. The number of nitrogens with zero attached hydrogens (tertiary/aromatic N) is 2. The summed E-state index contributed by atoms with van der Waals surface area (Å²) in [5.41, 5.74) is -0.794. The number of hydrogen-bond donors (Lipinski definition) is 1. The Balaban J connectivity index is 2.21. The molecule has 8 heteroatoms. The van der Waals surface area contributed by atoms with E-state index in [0.29, 0.717) is 0 Å². The second-order valence-corrected chi connectivity index (χ2v) is 5.15. The molecule has 0 spiro atoms. The monoisotopic (exact) mass is 337 g/mol. The summed E-state index contributed by atoms with van der Waals surface area (Å²) in [4.78, 5) is 16.6. The third kappa shape index (κ3) is 2.83. The summed E-state index contributed by atoms with van der Waals surface area (Å²) >= 11 is 2.98. The molecule has 2 heterocycles. The minimum Gasteiger partial charge on any atom is -0.359 e. The number of anilines is 1. The number of nitrogens with one attached hydrogen (secondary N) is 1. The van der Waals surface area contributed by atoms with Gasteiger partial charge in [0, 0.05) is 30.8 Å². The van der Waals surface area contributed by atoms with Crippen LogP contribution in [0.2, 0.25) is 0 Å². The Kier molecular flexibility index (Phi) is 3.71. The summed E-state index contributed by atoms with van der Waals surface area (Å²) in [5, 5.41) is 2.48. The van der Waals surface area contributed by atoms with Crippen molar-refractivity contribution in [3.8, 4) is 0 Å². The van der Waals surface area contributed by atoms with E-state index in [2.05, 4.69) is 26.2 Å². The Morgan fingerprint density at radius 1 is 1.53 bits per heavy atom. The van der Waals surface area contributed by atoms with Crippen molar-refractivity contribution in [3.05, 3.63) is 22.3 Å². The summed E-state index contributed by atoms with van der Waals surface area (Å²) < 4.78 is 39.0. The van der Waals surface area contributed by atoms with E-state index in [1.54, 1.807) is 0 Å². The van der Waals surface area contributed by atoms with Crippen LogP contribution in [0.15, 0.2) is 16.7 Å². The number of alkyl halides is 3. The lowest BCUT2D eigenvalue weighted by atomic mass is 9.98. The van der Waals surface area contributed by atoms with Crippen LogP contribution < -0.4 is 10.2 Å². The van der Waals surface area contributed by atoms with Crippen LogP contribution in [-0.4, -0.2) is 31.0 Å². The first-order chi connectivity index (χ1) is 8.82. The Bertz CT molecular complexity index is 500. The number of hydrogen-bond acceptors (Lipinski definition) is 3. The molecule has 1 saturated heterocycles. The fourth-order valence-corrected chi connectivity index (χ4v) is 2.25. The van der Waals surface area contributed by atoms with Crippen LogP contribution in [0.3, 0.4) is 0 Å². The van der Waals surface area contributed by atoms with Crippen LogP contribution >= 0.6 is 15.9 Å². The lowest BCUT2D eigenvalue weighted by molar-refractivity contribution is -0.137. The van der Waals surface area contributed by atoms with E-state index >= 15 is 0 Å². The second kappa shape index (κ2) is 4.99. The lowest BCUT2D eigenvalue weighted by Crippen LogP contribution is -2.54. The minimum atomic E-state index is -4.47. The predicted molar refractivity (Wildman–Crippen MR) is 66.7 cm³/mol. The third-order valence-electron chi connectivity index (χ3n) is 2.94. The largest absolute Gasteiger partial charge is 0.419 e. The molecule has 1 N–H and O–H groups in total. The highest BCUT2D eigenvalue weighted by molar-refractivity contribution is 9.10. The molecule has 104 valence electrons. The zero-order valence-corrected chi connectivity index (χ0v) is 11.5. The normalized spacial score (nSPS) is 16.2. The van der Waals surface area contributed by atoms with E-state index in [9.17, 15) is 18.0 Å². The smallest absolute Gasteiger partial charge is 0.359 e. The molecule has 0 unspecified atom stereocenters. The maximum Gasteiger partial charge on any atom is 0.419 e. The highest BCUT2D eigenvalue weighted by atomic mass is 79.9. The lowest BCUT2D eigenvalue weighted by Gasteiger charge is -2.39. The van der Waals surface area contributed by atoms with Crippen LogP contribution in [0.25, 0.3) is 0 Å². The number of carbonyl (C=O) groups is 1. The third-order valence-corrected chi connectivity index (χ3v) is 3.37. The molecule has 1 aliphatic heterocycles. The van der Waals surface area contributed by atoms with Gasteiger partial charge in [-0.25, -0.2) is 4.98 Å². The van der Waals surface area contributed by atoms with Gasteiger partial charge in [0.05, 0.1) is 11.5 Å². The average Bonchev–Trinajstić information content (AvgIpc) is 2.27.